The lowest BCUT2D eigenvalue weighted by molar-refractivity contribution is -0.121. The lowest BCUT2D eigenvalue weighted by Gasteiger charge is -2.21. The largest absolute Gasteiger partial charge is 0.467 e. The highest BCUT2D eigenvalue weighted by Gasteiger charge is 2.14. The predicted molar refractivity (Wildman–Crippen MR) is 79.6 cm³/mol. The fraction of sp³-hybridized carbons (Fsp3) is 0.250. The second kappa shape index (κ2) is 7.40. The molecule has 0 atom stereocenters. The molecule has 0 aliphatic heterocycles. The van der Waals surface area contributed by atoms with Gasteiger partial charge in [0.1, 0.15) is 11.6 Å². The molecule has 2 rings (SSSR count). The molecule has 0 bridgehead atoms. The summed E-state index contributed by atoms with van der Waals surface area (Å²) in [5, 5.41) is 2.70. The van der Waals surface area contributed by atoms with Crippen LogP contribution in [0.1, 0.15) is 19.1 Å². The van der Waals surface area contributed by atoms with Gasteiger partial charge in [0, 0.05) is 25.6 Å². The summed E-state index contributed by atoms with van der Waals surface area (Å²) in [7, 11) is 0. The van der Waals surface area contributed by atoms with Crippen LogP contribution in [0.3, 0.4) is 0 Å². The van der Waals surface area contributed by atoms with E-state index in [9.17, 15) is 14.0 Å². The van der Waals surface area contributed by atoms with Crippen molar-refractivity contribution in [2.24, 2.45) is 0 Å². The maximum Gasteiger partial charge on any atom is 0.223 e. The summed E-state index contributed by atoms with van der Waals surface area (Å²) >= 11 is 0. The number of anilines is 1. The molecule has 1 N–H and O–H groups in total. The lowest BCUT2D eigenvalue weighted by Crippen LogP contribution is -2.33. The van der Waals surface area contributed by atoms with Crippen LogP contribution in [-0.4, -0.2) is 18.4 Å². The number of furan rings is 1. The lowest BCUT2D eigenvalue weighted by atomic mass is 10.2. The van der Waals surface area contributed by atoms with Crippen molar-refractivity contribution in [1.82, 2.24) is 5.32 Å². The summed E-state index contributed by atoms with van der Waals surface area (Å²) in [4.78, 5) is 24.8. The van der Waals surface area contributed by atoms with Gasteiger partial charge < -0.3 is 14.6 Å². The van der Waals surface area contributed by atoms with Crippen molar-refractivity contribution in [3.63, 3.8) is 0 Å². The number of nitrogens with one attached hydrogen (secondary N) is 1. The van der Waals surface area contributed by atoms with Gasteiger partial charge in [-0.25, -0.2) is 4.39 Å². The van der Waals surface area contributed by atoms with Gasteiger partial charge in [-0.3, -0.25) is 9.59 Å². The Hall–Kier alpha value is -2.63. The van der Waals surface area contributed by atoms with Gasteiger partial charge in [0.2, 0.25) is 11.8 Å². The summed E-state index contributed by atoms with van der Waals surface area (Å²) in [6.45, 7) is 1.86. The molecule has 0 spiro atoms. The molecule has 2 amide bonds. The van der Waals surface area contributed by atoms with Gasteiger partial charge in [-0.05, 0) is 30.3 Å². The number of nitrogens with zero attached hydrogens (tertiary/aromatic N) is 1. The van der Waals surface area contributed by atoms with E-state index < -0.39 is 5.82 Å². The van der Waals surface area contributed by atoms with Crippen LogP contribution in [0.5, 0.6) is 0 Å². The molecule has 1 aromatic heterocycles. The molecular formula is C16H17FN2O3. The Bertz CT molecular complexity index is 641. The number of rotatable bonds is 6. The monoisotopic (exact) mass is 304 g/mol. The van der Waals surface area contributed by atoms with Gasteiger partial charge in [0.05, 0.1) is 12.8 Å². The van der Waals surface area contributed by atoms with Gasteiger partial charge in [-0.2, -0.15) is 0 Å². The van der Waals surface area contributed by atoms with E-state index in [2.05, 4.69) is 5.32 Å². The quantitative estimate of drug-likeness (QED) is 0.892. The average molecular weight is 304 g/mol. The van der Waals surface area contributed by atoms with E-state index in [1.807, 2.05) is 0 Å². The Morgan fingerprint density at radius 1 is 1.27 bits per heavy atom. The van der Waals surface area contributed by atoms with Gasteiger partial charge in [-0.1, -0.05) is 6.07 Å². The fourth-order valence-electron chi connectivity index (χ4n) is 2.01. The Morgan fingerprint density at radius 2 is 2.09 bits per heavy atom. The van der Waals surface area contributed by atoms with E-state index in [1.54, 1.807) is 18.2 Å². The van der Waals surface area contributed by atoms with E-state index >= 15 is 0 Å². The summed E-state index contributed by atoms with van der Waals surface area (Å²) in [6.07, 6.45) is 1.65. The molecular weight excluding hydrogens is 287 g/mol. The van der Waals surface area contributed by atoms with Crippen LogP contribution in [0.15, 0.2) is 47.1 Å². The van der Waals surface area contributed by atoms with E-state index in [4.69, 9.17) is 4.42 Å². The molecule has 1 heterocycles. The number of benzene rings is 1. The minimum absolute atomic E-state index is 0.122. The van der Waals surface area contributed by atoms with E-state index in [1.165, 1.54) is 36.3 Å². The van der Waals surface area contributed by atoms with Crippen LogP contribution >= 0.6 is 0 Å². The van der Waals surface area contributed by atoms with E-state index in [0.29, 0.717) is 18.0 Å². The molecule has 116 valence electrons. The van der Waals surface area contributed by atoms with Crippen molar-refractivity contribution in [2.45, 2.75) is 19.9 Å². The molecule has 0 aliphatic carbocycles. The number of halogens is 1. The molecule has 0 unspecified atom stereocenters. The third-order valence-electron chi connectivity index (χ3n) is 3.10. The van der Waals surface area contributed by atoms with E-state index in [0.717, 1.165) is 0 Å². The van der Waals surface area contributed by atoms with Crippen LogP contribution in [0.4, 0.5) is 10.1 Å². The zero-order valence-corrected chi connectivity index (χ0v) is 12.2. The van der Waals surface area contributed by atoms with Crippen molar-refractivity contribution in [3.8, 4) is 0 Å². The van der Waals surface area contributed by atoms with E-state index in [-0.39, 0.29) is 24.8 Å². The third kappa shape index (κ3) is 4.44. The number of carbonyl (C=O) groups excluding carboxylic acids is 2. The normalized spacial score (nSPS) is 10.3. The van der Waals surface area contributed by atoms with Crippen LogP contribution in [-0.2, 0) is 16.1 Å². The highest BCUT2D eigenvalue weighted by molar-refractivity contribution is 5.92. The Labute approximate surface area is 127 Å². The van der Waals surface area contributed by atoms with Crippen molar-refractivity contribution < 1.29 is 18.4 Å². The molecule has 1 aromatic carbocycles. The van der Waals surface area contributed by atoms with Gasteiger partial charge >= 0.3 is 0 Å². The number of hydrogen-bond donors (Lipinski definition) is 1. The van der Waals surface area contributed by atoms with Crippen LogP contribution in [0, 0.1) is 5.82 Å². The summed E-state index contributed by atoms with van der Waals surface area (Å²) in [5.74, 6) is -0.226. The second-order valence-corrected chi connectivity index (χ2v) is 4.76. The Kier molecular flexibility index (Phi) is 5.30. The zero-order valence-electron chi connectivity index (χ0n) is 12.2. The smallest absolute Gasteiger partial charge is 0.223 e. The summed E-state index contributed by atoms with van der Waals surface area (Å²) < 4.78 is 18.3. The van der Waals surface area contributed by atoms with Crippen molar-refractivity contribution in [2.75, 3.05) is 11.4 Å². The molecule has 0 radical (unpaired) electrons. The van der Waals surface area contributed by atoms with Crippen LogP contribution in [0.25, 0.3) is 0 Å². The highest BCUT2D eigenvalue weighted by Crippen LogP contribution is 2.16. The number of hydrogen-bond acceptors (Lipinski definition) is 3. The predicted octanol–water partition coefficient (Wildman–Crippen LogP) is 2.48. The Balaban J connectivity index is 1.89. The number of carbonyl (C=O) groups is 2. The molecule has 5 nitrogen and oxygen atoms in total. The first-order chi connectivity index (χ1) is 10.6. The molecule has 0 fully saturated rings. The zero-order chi connectivity index (χ0) is 15.9. The van der Waals surface area contributed by atoms with Gasteiger partial charge in [-0.15, -0.1) is 0 Å². The first kappa shape index (κ1) is 15.8. The average Bonchev–Trinajstić information content (AvgIpc) is 2.98. The summed E-state index contributed by atoms with van der Waals surface area (Å²) in [5.41, 5.74) is 0.436. The second-order valence-electron chi connectivity index (χ2n) is 4.76. The SMILES string of the molecule is CC(=O)N(CCC(=O)NCc1ccco1)c1cccc(F)c1. The highest BCUT2D eigenvalue weighted by atomic mass is 19.1. The maximum absolute atomic E-state index is 13.2. The van der Waals surface area contributed by atoms with Crippen molar-refractivity contribution in [3.05, 3.63) is 54.2 Å². The van der Waals surface area contributed by atoms with Crippen molar-refractivity contribution in [1.29, 1.82) is 0 Å². The first-order valence-corrected chi connectivity index (χ1v) is 6.89. The third-order valence-corrected chi connectivity index (χ3v) is 3.10. The summed E-state index contributed by atoms with van der Waals surface area (Å²) in [6, 6.07) is 9.22. The van der Waals surface area contributed by atoms with Gasteiger partial charge in [0.15, 0.2) is 0 Å². The molecule has 22 heavy (non-hydrogen) atoms. The maximum atomic E-state index is 13.2. The molecule has 6 heteroatoms. The number of amides is 2. The van der Waals surface area contributed by atoms with Crippen LogP contribution in [0.2, 0.25) is 0 Å². The molecule has 0 aliphatic rings. The first-order valence-electron chi connectivity index (χ1n) is 6.89. The van der Waals surface area contributed by atoms with Crippen molar-refractivity contribution >= 4 is 17.5 Å². The minimum atomic E-state index is -0.425. The van der Waals surface area contributed by atoms with Gasteiger partial charge in [0.25, 0.3) is 0 Å². The topological polar surface area (TPSA) is 62.6 Å². The van der Waals surface area contributed by atoms with Crippen LogP contribution < -0.4 is 10.2 Å². The Morgan fingerprint density at radius 3 is 2.73 bits per heavy atom. The molecule has 0 saturated heterocycles. The standard InChI is InChI=1S/C16H17FN2O3/c1-12(20)19(14-5-2-4-13(17)10-14)8-7-16(21)18-11-15-6-3-9-22-15/h2-6,9-10H,7-8,11H2,1H3,(H,18,21). The fourth-order valence-corrected chi connectivity index (χ4v) is 2.01. The molecule has 2 aromatic rings. The minimum Gasteiger partial charge on any atom is -0.467 e. The molecule has 0 saturated carbocycles.